The molecule has 0 radical (unpaired) electrons. The van der Waals surface area contributed by atoms with E-state index >= 15 is 0 Å². The maximum Gasteiger partial charge on any atom is 0.490 e. The number of alkyl halides is 3. The number of nitrogens with zero attached hydrogens (tertiary/aromatic N) is 5. The predicted octanol–water partition coefficient (Wildman–Crippen LogP) is 2.42. The summed E-state index contributed by atoms with van der Waals surface area (Å²) < 4.78 is 39.6. The highest BCUT2D eigenvalue weighted by Crippen LogP contribution is 2.39. The first kappa shape index (κ1) is 26.1. The van der Waals surface area contributed by atoms with E-state index in [-0.39, 0.29) is 11.3 Å². The topological polar surface area (TPSA) is 122 Å². The second kappa shape index (κ2) is 10.8. The van der Waals surface area contributed by atoms with Crippen LogP contribution in [0.2, 0.25) is 0 Å². The van der Waals surface area contributed by atoms with Crippen molar-refractivity contribution >= 4 is 17.8 Å². The summed E-state index contributed by atoms with van der Waals surface area (Å²) >= 11 is 0. The zero-order valence-corrected chi connectivity index (χ0v) is 19.2. The van der Waals surface area contributed by atoms with Crippen molar-refractivity contribution in [2.45, 2.75) is 44.0 Å². The summed E-state index contributed by atoms with van der Waals surface area (Å²) in [5, 5.41) is 10.4. The highest BCUT2D eigenvalue weighted by molar-refractivity contribution is 5.77. The Morgan fingerprint density at radius 2 is 2.11 bits per heavy atom. The first-order valence-electron chi connectivity index (χ1n) is 10.9. The van der Waals surface area contributed by atoms with Crippen LogP contribution in [0, 0.1) is 0 Å². The fourth-order valence-electron chi connectivity index (χ4n) is 3.99. The van der Waals surface area contributed by atoms with Crippen molar-refractivity contribution in [1.82, 2.24) is 24.4 Å². The lowest BCUT2D eigenvalue weighted by atomic mass is 9.80. The molecule has 10 nitrogen and oxygen atoms in total. The number of aryl methyl sites for hydroxylation is 1. The van der Waals surface area contributed by atoms with Crippen molar-refractivity contribution in [1.29, 1.82) is 0 Å². The summed E-state index contributed by atoms with van der Waals surface area (Å²) in [7, 11) is 1.96. The summed E-state index contributed by atoms with van der Waals surface area (Å²) in [6.07, 6.45) is 4.22. The summed E-state index contributed by atoms with van der Waals surface area (Å²) in [6.45, 7) is 6.79. The number of nitrogens with one attached hydrogen (secondary N) is 1. The van der Waals surface area contributed by atoms with E-state index < -0.39 is 12.1 Å². The van der Waals surface area contributed by atoms with E-state index in [1.807, 2.05) is 28.9 Å². The van der Waals surface area contributed by atoms with E-state index in [0.717, 1.165) is 29.9 Å². The number of aromatic nitrogens is 4. The number of amides is 1. The Hall–Kier alpha value is -3.48. The molecule has 4 rings (SSSR count). The van der Waals surface area contributed by atoms with Gasteiger partial charge in [0.2, 0.25) is 11.9 Å². The average Bonchev–Trinajstić information content (AvgIpc) is 3.43. The summed E-state index contributed by atoms with van der Waals surface area (Å²) in [4.78, 5) is 36.7. The molecule has 1 unspecified atom stereocenters. The Bertz CT molecular complexity index is 1070. The average molecular weight is 496 g/mol. The van der Waals surface area contributed by atoms with E-state index in [4.69, 9.17) is 19.6 Å². The number of anilines is 1. The molecule has 2 aliphatic rings. The second-order valence-corrected chi connectivity index (χ2v) is 8.39. The van der Waals surface area contributed by atoms with Gasteiger partial charge in [-0.05, 0) is 12.8 Å². The highest BCUT2D eigenvalue weighted by atomic mass is 19.4. The van der Waals surface area contributed by atoms with E-state index in [1.54, 1.807) is 12.4 Å². The number of allylic oxidation sites excluding steroid dienone is 1. The van der Waals surface area contributed by atoms with Crippen LogP contribution in [0.15, 0.2) is 31.4 Å². The summed E-state index contributed by atoms with van der Waals surface area (Å²) in [5.74, 6) is -1.99. The minimum Gasteiger partial charge on any atom is -0.475 e. The van der Waals surface area contributed by atoms with Crippen LogP contribution in [0.4, 0.5) is 19.1 Å². The van der Waals surface area contributed by atoms with Gasteiger partial charge in [-0.25, -0.2) is 19.7 Å². The third-order valence-corrected chi connectivity index (χ3v) is 5.86. The van der Waals surface area contributed by atoms with Gasteiger partial charge < -0.3 is 24.6 Å². The number of hydrogen-bond acceptors (Lipinski definition) is 7. The fraction of sp³-hybridized carbons (Fsp3) is 0.500. The summed E-state index contributed by atoms with van der Waals surface area (Å²) in [6, 6.07) is 0. The number of hydrogen-bond donors (Lipinski definition) is 2. The molecule has 0 saturated carbocycles. The Morgan fingerprint density at radius 1 is 1.37 bits per heavy atom. The van der Waals surface area contributed by atoms with Gasteiger partial charge in [0.25, 0.3) is 0 Å². The molecule has 2 aromatic rings. The molecule has 13 heteroatoms. The molecule has 0 aromatic carbocycles. The number of rotatable bonds is 6. The van der Waals surface area contributed by atoms with Crippen molar-refractivity contribution in [3.8, 4) is 0 Å². The van der Waals surface area contributed by atoms with Gasteiger partial charge in [0.1, 0.15) is 0 Å². The van der Waals surface area contributed by atoms with Crippen LogP contribution < -0.4 is 5.32 Å². The molecule has 2 N–H and O–H groups in total. The number of fused-ring (bicyclic) bond motifs is 2. The SMILES string of the molecule is C=CCCC(=O)N1CCC2(COCc3cnc(NCc4cncn4C)nc32)C1.O=C(O)C(F)(F)F. The molecule has 4 heterocycles. The Kier molecular flexibility index (Phi) is 8.10. The molecule has 0 aliphatic carbocycles. The lowest BCUT2D eigenvalue weighted by Crippen LogP contribution is -2.41. The predicted molar refractivity (Wildman–Crippen MR) is 118 cm³/mol. The van der Waals surface area contributed by atoms with Crippen molar-refractivity contribution in [3.63, 3.8) is 0 Å². The smallest absolute Gasteiger partial charge is 0.475 e. The molecule has 35 heavy (non-hydrogen) atoms. The minimum atomic E-state index is -5.08. The maximum absolute atomic E-state index is 12.5. The molecular weight excluding hydrogens is 469 g/mol. The quantitative estimate of drug-likeness (QED) is 0.585. The fourth-order valence-corrected chi connectivity index (χ4v) is 3.99. The van der Waals surface area contributed by atoms with Gasteiger partial charge in [-0.1, -0.05) is 6.08 Å². The number of carbonyl (C=O) groups is 2. The van der Waals surface area contributed by atoms with Gasteiger partial charge in [0.05, 0.1) is 42.9 Å². The van der Waals surface area contributed by atoms with Crippen LogP contribution in [-0.2, 0) is 39.9 Å². The van der Waals surface area contributed by atoms with Crippen molar-refractivity contribution in [2.75, 3.05) is 25.0 Å². The lowest BCUT2D eigenvalue weighted by Gasteiger charge is -2.34. The van der Waals surface area contributed by atoms with Gasteiger partial charge in [0.15, 0.2) is 0 Å². The largest absolute Gasteiger partial charge is 0.490 e. The normalized spacial score (nSPS) is 19.0. The van der Waals surface area contributed by atoms with Crippen LogP contribution in [0.3, 0.4) is 0 Å². The minimum absolute atomic E-state index is 0.174. The van der Waals surface area contributed by atoms with E-state index in [9.17, 15) is 18.0 Å². The molecule has 1 saturated heterocycles. The first-order valence-corrected chi connectivity index (χ1v) is 10.9. The molecule has 1 amide bonds. The monoisotopic (exact) mass is 496 g/mol. The number of ether oxygens (including phenoxy) is 1. The van der Waals surface area contributed by atoms with E-state index in [1.165, 1.54) is 0 Å². The highest BCUT2D eigenvalue weighted by Gasteiger charge is 2.46. The van der Waals surface area contributed by atoms with Crippen molar-refractivity contribution in [3.05, 3.63) is 48.3 Å². The van der Waals surface area contributed by atoms with Crippen LogP contribution in [0.25, 0.3) is 0 Å². The Balaban J connectivity index is 0.000000429. The van der Waals surface area contributed by atoms with E-state index in [2.05, 4.69) is 21.9 Å². The van der Waals surface area contributed by atoms with Gasteiger partial charge in [-0.15, -0.1) is 6.58 Å². The third kappa shape index (κ3) is 6.35. The zero-order valence-electron chi connectivity index (χ0n) is 19.2. The Morgan fingerprint density at radius 3 is 2.74 bits per heavy atom. The summed E-state index contributed by atoms with van der Waals surface area (Å²) in [5.41, 5.74) is 2.83. The Labute approximate surface area is 199 Å². The number of halogens is 3. The van der Waals surface area contributed by atoms with Crippen LogP contribution in [0.1, 0.15) is 36.2 Å². The van der Waals surface area contributed by atoms with Crippen LogP contribution in [0.5, 0.6) is 0 Å². The van der Waals surface area contributed by atoms with Gasteiger partial charge in [-0.2, -0.15) is 13.2 Å². The lowest BCUT2D eigenvalue weighted by molar-refractivity contribution is -0.192. The molecule has 1 fully saturated rings. The van der Waals surface area contributed by atoms with E-state index in [0.29, 0.717) is 45.1 Å². The van der Waals surface area contributed by atoms with Crippen molar-refractivity contribution < 1.29 is 32.6 Å². The van der Waals surface area contributed by atoms with Crippen molar-refractivity contribution in [2.24, 2.45) is 7.05 Å². The number of carboxylic acid groups (broad SMARTS) is 1. The first-order chi connectivity index (χ1) is 16.6. The maximum atomic E-state index is 12.5. The number of aliphatic carboxylic acids is 1. The molecule has 1 atom stereocenters. The van der Waals surface area contributed by atoms with Crippen LogP contribution >= 0.6 is 0 Å². The number of likely N-dealkylation sites (tertiary alicyclic amines) is 1. The molecule has 0 bridgehead atoms. The molecule has 2 aliphatic heterocycles. The number of carboxylic acids is 1. The molecule has 190 valence electrons. The molecule has 2 aromatic heterocycles. The van der Waals surface area contributed by atoms with Gasteiger partial charge in [0, 0.05) is 44.5 Å². The standard InChI is InChI=1S/C20H26N6O2.C2HF3O2/c1-3-4-5-17(27)26-7-6-20(12-26)13-28-11-15-8-22-19(24-18(15)20)23-10-16-9-21-14-25(16)2;3-2(4,5)1(6)7/h3,8-9,14H,1,4-7,10-13H2,2H3,(H,22,23,24);(H,6,7). The zero-order chi connectivity index (χ0) is 25.6. The van der Waals surface area contributed by atoms with Gasteiger partial charge in [-0.3, -0.25) is 4.79 Å². The number of carbonyl (C=O) groups excluding carboxylic acids is 1. The molecular formula is C22H27F3N6O4. The third-order valence-electron chi connectivity index (χ3n) is 5.86. The number of imidazole rings is 1. The second-order valence-electron chi connectivity index (χ2n) is 8.39. The van der Waals surface area contributed by atoms with Gasteiger partial charge >= 0.3 is 12.1 Å². The molecule has 1 spiro atoms. The van der Waals surface area contributed by atoms with Crippen LogP contribution in [-0.4, -0.2) is 67.3 Å².